The van der Waals surface area contributed by atoms with Gasteiger partial charge in [0.2, 0.25) is 0 Å². The lowest BCUT2D eigenvalue weighted by Crippen LogP contribution is -2.10. The number of hydrogen-bond acceptors (Lipinski definition) is 5. The van der Waals surface area contributed by atoms with E-state index in [2.05, 4.69) is 15.3 Å². The Balaban J connectivity index is 0.00000106. The van der Waals surface area contributed by atoms with Crippen molar-refractivity contribution >= 4 is 17.2 Å². The van der Waals surface area contributed by atoms with Crippen molar-refractivity contribution < 1.29 is 0 Å². The highest BCUT2D eigenvalue weighted by atomic mass is 15.0. The predicted octanol–water partition coefficient (Wildman–Crippen LogP) is 3.24. The summed E-state index contributed by atoms with van der Waals surface area (Å²) in [4.78, 5) is 8.51. The smallest absolute Gasteiger partial charge is 0.126 e. The number of nitrogens with zero attached hydrogens (tertiary/aromatic N) is 2. The number of aromatic nitrogens is 2. The van der Waals surface area contributed by atoms with Gasteiger partial charge in [0, 0.05) is 17.8 Å². The summed E-state index contributed by atoms with van der Waals surface area (Å²) in [5, 5.41) is 11.4. The number of nitrogen functional groups attached to an aromatic ring is 1. The molecule has 0 aliphatic rings. The molecule has 0 radical (unpaired) electrons. The number of rotatable bonds is 4. The lowest BCUT2D eigenvalue weighted by atomic mass is 10.1. The molecule has 0 aliphatic carbocycles. The van der Waals surface area contributed by atoms with Crippen molar-refractivity contribution in [3.8, 4) is 0 Å². The third-order valence-electron chi connectivity index (χ3n) is 2.70. The molecule has 2 aromatic rings. The highest BCUT2D eigenvalue weighted by Gasteiger charge is 2.11. The van der Waals surface area contributed by atoms with Crippen molar-refractivity contribution in [2.75, 3.05) is 17.6 Å². The average Bonchev–Trinajstić information content (AvgIpc) is 2.52. The Labute approximate surface area is 126 Å². The third kappa shape index (κ3) is 4.27. The molecule has 4 N–H and O–H groups in total. The van der Waals surface area contributed by atoms with E-state index in [1.807, 2.05) is 39.8 Å². The minimum Gasteiger partial charge on any atom is -0.397 e. The Bertz CT molecular complexity index is 607. The van der Waals surface area contributed by atoms with Crippen molar-refractivity contribution in [2.24, 2.45) is 0 Å². The molecular weight excluding hydrogens is 262 g/mol. The molecule has 0 aromatic carbocycles. The topological polar surface area (TPSA) is 87.7 Å². The Morgan fingerprint density at radius 2 is 2.05 bits per heavy atom. The maximum absolute atomic E-state index is 8.24. The van der Waals surface area contributed by atoms with Crippen LogP contribution in [0.5, 0.6) is 0 Å². The van der Waals surface area contributed by atoms with Gasteiger partial charge in [0.25, 0.3) is 0 Å². The van der Waals surface area contributed by atoms with Gasteiger partial charge in [-0.1, -0.05) is 19.9 Å². The van der Waals surface area contributed by atoms with Crippen LogP contribution in [0.4, 0.5) is 11.5 Å². The minimum atomic E-state index is 0.308. The summed E-state index contributed by atoms with van der Waals surface area (Å²) < 4.78 is 0. The van der Waals surface area contributed by atoms with Crippen molar-refractivity contribution in [1.29, 1.82) is 5.41 Å². The first-order valence-corrected chi connectivity index (χ1v) is 7.14. The molecule has 0 spiro atoms. The normalized spacial score (nSPS) is 9.52. The van der Waals surface area contributed by atoms with Crippen LogP contribution in [0.2, 0.25) is 0 Å². The summed E-state index contributed by atoms with van der Waals surface area (Å²) in [5.74, 6) is 0.758. The summed E-state index contributed by atoms with van der Waals surface area (Å²) in [6.07, 6.45) is 1.58. The monoisotopic (exact) mass is 285 g/mol. The van der Waals surface area contributed by atoms with Crippen LogP contribution >= 0.6 is 0 Å². The summed E-state index contributed by atoms with van der Waals surface area (Å²) in [6.45, 7) is 8.67. The van der Waals surface area contributed by atoms with E-state index in [1.165, 1.54) is 0 Å². The summed E-state index contributed by atoms with van der Waals surface area (Å²) in [6, 6.07) is 7.36. The zero-order valence-electron chi connectivity index (χ0n) is 13.1. The van der Waals surface area contributed by atoms with Crippen LogP contribution < -0.4 is 11.1 Å². The molecule has 2 rings (SSSR count). The van der Waals surface area contributed by atoms with Crippen molar-refractivity contribution in [3.63, 3.8) is 0 Å². The number of nitrogens with two attached hydrogens (primary N) is 1. The number of hydrogen-bond donors (Lipinski definition) is 3. The molecule has 0 bridgehead atoms. The third-order valence-corrected chi connectivity index (χ3v) is 2.70. The first-order chi connectivity index (χ1) is 10.1. The minimum absolute atomic E-state index is 0.308. The fraction of sp³-hybridized carbons (Fsp3) is 0.312. The van der Waals surface area contributed by atoms with Crippen molar-refractivity contribution in [3.05, 3.63) is 47.4 Å². The van der Waals surface area contributed by atoms with Gasteiger partial charge < -0.3 is 11.1 Å². The molecule has 112 valence electrons. The molecule has 0 atom stereocenters. The van der Waals surface area contributed by atoms with Gasteiger partial charge in [-0.15, -0.1) is 0 Å². The van der Waals surface area contributed by atoms with E-state index in [-0.39, 0.29) is 0 Å². The molecule has 0 amide bonds. The Morgan fingerprint density at radius 1 is 1.33 bits per heavy atom. The van der Waals surface area contributed by atoms with E-state index in [1.54, 1.807) is 18.3 Å². The predicted molar refractivity (Wildman–Crippen MR) is 89.1 cm³/mol. The Morgan fingerprint density at radius 3 is 2.71 bits per heavy atom. The number of anilines is 2. The second-order valence-electron chi connectivity index (χ2n) is 4.23. The van der Waals surface area contributed by atoms with Crippen LogP contribution in [0, 0.1) is 12.3 Å². The maximum atomic E-state index is 8.24. The van der Waals surface area contributed by atoms with E-state index in [0.717, 1.165) is 18.1 Å². The summed E-state index contributed by atoms with van der Waals surface area (Å²) in [5.41, 5.74) is 8.76. The van der Waals surface area contributed by atoms with Crippen LogP contribution in [0.25, 0.3) is 0 Å². The number of nitrogens with one attached hydrogen (secondary N) is 2. The molecule has 0 fully saturated rings. The number of pyridine rings is 2. The lowest BCUT2D eigenvalue weighted by molar-refractivity contribution is 1.15. The maximum Gasteiger partial charge on any atom is 0.126 e. The van der Waals surface area contributed by atoms with Crippen molar-refractivity contribution in [2.45, 2.75) is 27.7 Å². The lowest BCUT2D eigenvalue weighted by Gasteiger charge is -2.09. The molecule has 0 saturated carbocycles. The fourth-order valence-electron chi connectivity index (χ4n) is 1.78. The van der Waals surface area contributed by atoms with Gasteiger partial charge >= 0.3 is 0 Å². The molecule has 5 heteroatoms. The first-order valence-electron chi connectivity index (χ1n) is 7.14. The SMILES string of the molecule is CC.CCNc1cccc(C(=N)c2cc(C)ncc2N)n1. The van der Waals surface area contributed by atoms with E-state index >= 15 is 0 Å². The van der Waals surface area contributed by atoms with E-state index in [9.17, 15) is 0 Å². The second-order valence-corrected chi connectivity index (χ2v) is 4.23. The molecule has 0 saturated heterocycles. The highest BCUT2D eigenvalue weighted by molar-refractivity contribution is 6.12. The van der Waals surface area contributed by atoms with Crippen LogP contribution in [0.3, 0.4) is 0 Å². The van der Waals surface area contributed by atoms with Gasteiger partial charge in [-0.25, -0.2) is 4.98 Å². The zero-order chi connectivity index (χ0) is 15.8. The molecule has 2 heterocycles. The molecule has 5 nitrogen and oxygen atoms in total. The second kappa shape index (κ2) is 7.99. The van der Waals surface area contributed by atoms with Gasteiger partial charge in [0.05, 0.1) is 23.3 Å². The Kier molecular flexibility index (Phi) is 6.33. The molecule has 0 aliphatic heterocycles. The quantitative estimate of drug-likeness (QED) is 0.752. The van der Waals surface area contributed by atoms with E-state index < -0.39 is 0 Å². The highest BCUT2D eigenvalue weighted by Crippen LogP contribution is 2.16. The molecule has 21 heavy (non-hydrogen) atoms. The van der Waals surface area contributed by atoms with E-state index in [4.69, 9.17) is 11.1 Å². The van der Waals surface area contributed by atoms with Crippen LogP contribution in [0.15, 0.2) is 30.5 Å². The van der Waals surface area contributed by atoms with Crippen molar-refractivity contribution in [1.82, 2.24) is 9.97 Å². The van der Waals surface area contributed by atoms with Crippen LogP contribution in [0.1, 0.15) is 37.7 Å². The zero-order valence-corrected chi connectivity index (χ0v) is 13.1. The number of aryl methyl sites for hydroxylation is 1. The first kappa shape index (κ1) is 16.6. The average molecular weight is 285 g/mol. The van der Waals surface area contributed by atoms with Gasteiger partial charge in [0.15, 0.2) is 0 Å². The fourth-order valence-corrected chi connectivity index (χ4v) is 1.78. The van der Waals surface area contributed by atoms with Gasteiger partial charge in [-0.05, 0) is 32.0 Å². The van der Waals surface area contributed by atoms with Gasteiger partial charge in [0.1, 0.15) is 5.82 Å². The van der Waals surface area contributed by atoms with E-state index in [0.29, 0.717) is 22.7 Å². The summed E-state index contributed by atoms with van der Waals surface area (Å²) in [7, 11) is 0. The molecule has 2 aromatic heterocycles. The van der Waals surface area contributed by atoms with Gasteiger partial charge in [-0.3, -0.25) is 10.4 Å². The van der Waals surface area contributed by atoms with Gasteiger partial charge in [-0.2, -0.15) is 0 Å². The molecule has 0 unspecified atom stereocenters. The largest absolute Gasteiger partial charge is 0.397 e. The van der Waals surface area contributed by atoms with Crippen LogP contribution in [-0.4, -0.2) is 22.2 Å². The summed E-state index contributed by atoms with van der Waals surface area (Å²) >= 11 is 0. The Hall–Kier alpha value is -2.43. The van der Waals surface area contributed by atoms with Crippen LogP contribution in [-0.2, 0) is 0 Å². The standard InChI is InChI=1S/C14H17N5.C2H6/c1-3-17-13-6-4-5-12(19-13)14(16)10-7-9(2)18-8-11(10)15;1-2/h4-8,16H,3,15H2,1-2H3,(H,17,19);1-2H3. The molecular formula is C16H23N5.